The minimum absolute atomic E-state index is 0.133. The zero-order chi connectivity index (χ0) is 12.9. The molecule has 2 N–H and O–H groups in total. The predicted octanol–water partition coefficient (Wildman–Crippen LogP) is 2.22. The van der Waals surface area contributed by atoms with Gasteiger partial charge in [0.25, 0.3) is 0 Å². The van der Waals surface area contributed by atoms with Gasteiger partial charge in [-0.05, 0) is 38.8 Å². The number of aromatic nitrogens is 1. The van der Waals surface area contributed by atoms with Crippen molar-refractivity contribution in [3.8, 4) is 6.07 Å². The van der Waals surface area contributed by atoms with Crippen molar-refractivity contribution in [1.82, 2.24) is 4.98 Å². The SMILES string of the molecule is CCC(C)(CCO)Nc1cc(C#N)cc(C)n1. The molecule has 17 heavy (non-hydrogen) atoms. The second-order valence-electron chi connectivity index (χ2n) is 4.51. The van der Waals surface area contributed by atoms with Crippen LogP contribution in [0.2, 0.25) is 0 Å². The molecule has 4 nitrogen and oxygen atoms in total. The lowest BCUT2D eigenvalue weighted by Crippen LogP contribution is -2.35. The molecule has 0 radical (unpaired) electrons. The lowest BCUT2D eigenvalue weighted by molar-refractivity contribution is 0.252. The van der Waals surface area contributed by atoms with Crippen LogP contribution in [-0.4, -0.2) is 22.2 Å². The Hall–Kier alpha value is -1.60. The molecule has 1 aromatic rings. The molecule has 0 aliphatic carbocycles. The van der Waals surface area contributed by atoms with E-state index >= 15 is 0 Å². The van der Waals surface area contributed by atoms with Crippen molar-refractivity contribution in [3.05, 3.63) is 23.4 Å². The maximum Gasteiger partial charge on any atom is 0.127 e. The maximum absolute atomic E-state index is 9.05. The number of pyridine rings is 1. The van der Waals surface area contributed by atoms with E-state index in [-0.39, 0.29) is 12.1 Å². The van der Waals surface area contributed by atoms with Gasteiger partial charge in [0.1, 0.15) is 5.82 Å². The van der Waals surface area contributed by atoms with Gasteiger partial charge < -0.3 is 10.4 Å². The van der Waals surface area contributed by atoms with Crippen LogP contribution in [0, 0.1) is 18.3 Å². The Morgan fingerprint density at radius 1 is 1.53 bits per heavy atom. The molecule has 1 atom stereocenters. The first kappa shape index (κ1) is 13.5. The molecule has 4 heteroatoms. The van der Waals surface area contributed by atoms with Gasteiger partial charge in [-0.25, -0.2) is 4.98 Å². The van der Waals surface area contributed by atoms with Crippen LogP contribution in [0.25, 0.3) is 0 Å². The van der Waals surface area contributed by atoms with Gasteiger partial charge in [0.05, 0.1) is 11.6 Å². The number of nitriles is 1. The van der Waals surface area contributed by atoms with E-state index in [0.29, 0.717) is 17.8 Å². The van der Waals surface area contributed by atoms with Gasteiger partial charge >= 0.3 is 0 Å². The lowest BCUT2D eigenvalue weighted by Gasteiger charge is -2.29. The van der Waals surface area contributed by atoms with E-state index in [9.17, 15) is 0 Å². The molecule has 1 unspecified atom stereocenters. The first-order valence-electron chi connectivity index (χ1n) is 5.81. The molecule has 0 aromatic carbocycles. The van der Waals surface area contributed by atoms with Gasteiger partial charge in [0.2, 0.25) is 0 Å². The fourth-order valence-electron chi connectivity index (χ4n) is 1.68. The molecule has 0 aliphatic heterocycles. The van der Waals surface area contributed by atoms with E-state index in [4.69, 9.17) is 10.4 Å². The number of hydrogen-bond acceptors (Lipinski definition) is 4. The Morgan fingerprint density at radius 3 is 2.76 bits per heavy atom. The Morgan fingerprint density at radius 2 is 2.24 bits per heavy atom. The number of aliphatic hydroxyl groups is 1. The summed E-state index contributed by atoms with van der Waals surface area (Å²) in [6.07, 6.45) is 1.53. The average Bonchev–Trinajstić information content (AvgIpc) is 2.28. The van der Waals surface area contributed by atoms with Gasteiger partial charge in [-0.3, -0.25) is 0 Å². The van der Waals surface area contributed by atoms with Crippen molar-refractivity contribution in [2.45, 2.75) is 39.2 Å². The van der Waals surface area contributed by atoms with Crippen molar-refractivity contribution in [2.24, 2.45) is 0 Å². The summed E-state index contributed by atoms with van der Waals surface area (Å²) >= 11 is 0. The van der Waals surface area contributed by atoms with Crippen LogP contribution in [0.4, 0.5) is 5.82 Å². The van der Waals surface area contributed by atoms with Gasteiger partial charge in [-0.2, -0.15) is 5.26 Å². The van der Waals surface area contributed by atoms with E-state index in [1.807, 2.05) is 13.8 Å². The number of aryl methyl sites for hydroxylation is 1. The molecular formula is C13H19N3O. The molecule has 1 heterocycles. The summed E-state index contributed by atoms with van der Waals surface area (Å²) in [6, 6.07) is 5.60. The van der Waals surface area contributed by atoms with Crippen LogP contribution in [0.1, 0.15) is 37.9 Å². The van der Waals surface area contributed by atoms with Crippen LogP contribution < -0.4 is 5.32 Å². The van der Waals surface area contributed by atoms with Crippen molar-refractivity contribution >= 4 is 5.82 Å². The molecule has 0 bridgehead atoms. The zero-order valence-corrected chi connectivity index (χ0v) is 10.6. The van der Waals surface area contributed by atoms with Crippen molar-refractivity contribution < 1.29 is 5.11 Å². The highest BCUT2D eigenvalue weighted by molar-refractivity contribution is 5.45. The van der Waals surface area contributed by atoms with Gasteiger partial charge in [-0.1, -0.05) is 6.92 Å². The first-order valence-corrected chi connectivity index (χ1v) is 5.81. The summed E-state index contributed by atoms with van der Waals surface area (Å²) < 4.78 is 0. The third-order valence-corrected chi connectivity index (χ3v) is 2.96. The van der Waals surface area contributed by atoms with Crippen LogP contribution in [0.15, 0.2) is 12.1 Å². The topological polar surface area (TPSA) is 68.9 Å². The number of anilines is 1. The van der Waals surface area contributed by atoms with Crippen LogP contribution in [-0.2, 0) is 0 Å². The summed E-state index contributed by atoms with van der Waals surface area (Å²) in [7, 11) is 0. The molecule has 0 saturated carbocycles. The Labute approximate surface area is 102 Å². The number of nitrogens with zero attached hydrogens (tertiary/aromatic N) is 2. The number of aliphatic hydroxyl groups excluding tert-OH is 1. The average molecular weight is 233 g/mol. The van der Waals surface area contributed by atoms with E-state index in [0.717, 1.165) is 12.1 Å². The second-order valence-corrected chi connectivity index (χ2v) is 4.51. The smallest absolute Gasteiger partial charge is 0.127 e. The highest BCUT2D eigenvalue weighted by Crippen LogP contribution is 2.21. The minimum atomic E-state index is -0.192. The second kappa shape index (κ2) is 5.65. The molecule has 0 aliphatic rings. The summed E-state index contributed by atoms with van der Waals surface area (Å²) in [5.41, 5.74) is 1.22. The van der Waals surface area contributed by atoms with Crippen molar-refractivity contribution in [3.63, 3.8) is 0 Å². The van der Waals surface area contributed by atoms with Gasteiger partial charge in [0, 0.05) is 17.8 Å². The van der Waals surface area contributed by atoms with Crippen LogP contribution in [0.5, 0.6) is 0 Å². The van der Waals surface area contributed by atoms with Gasteiger partial charge in [0.15, 0.2) is 0 Å². The fraction of sp³-hybridized carbons (Fsp3) is 0.538. The third-order valence-electron chi connectivity index (χ3n) is 2.96. The monoisotopic (exact) mass is 233 g/mol. The van der Waals surface area contributed by atoms with Crippen molar-refractivity contribution in [1.29, 1.82) is 5.26 Å². The van der Waals surface area contributed by atoms with Gasteiger partial charge in [-0.15, -0.1) is 0 Å². The molecule has 92 valence electrons. The lowest BCUT2D eigenvalue weighted by atomic mass is 9.95. The van der Waals surface area contributed by atoms with E-state index in [1.165, 1.54) is 0 Å². The molecule has 1 aromatic heterocycles. The molecule has 0 amide bonds. The van der Waals surface area contributed by atoms with Crippen LogP contribution in [0.3, 0.4) is 0 Å². The number of hydrogen-bond donors (Lipinski definition) is 2. The Bertz CT molecular complexity index is 425. The Balaban J connectivity index is 2.94. The summed E-state index contributed by atoms with van der Waals surface area (Å²) in [5, 5.41) is 21.3. The van der Waals surface area contributed by atoms with Crippen LogP contribution >= 0.6 is 0 Å². The van der Waals surface area contributed by atoms with Crippen molar-refractivity contribution in [2.75, 3.05) is 11.9 Å². The summed E-state index contributed by atoms with van der Waals surface area (Å²) in [6.45, 7) is 6.10. The molecule has 0 spiro atoms. The highest BCUT2D eigenvalue weighted by atomic mass is 16.3. The molecule has 0 fully saturated rings. The predicted molar refractivity (Wildman–Crippen MR) is 67.7 cm³/mol. The minimum Gasteiger partial charge on any atom is -0.396 e. The zero-order valence-electron chi connectivity index (χ0n) is 10.6. The quantitative estimate of drug-likeness (QED) is 0.818. The van der Waals surface area contributed by atoms with E-state index < -0.39 is 0 Å². The number of rotatable bonds is 5. The molecular weight excluding hydrogens is 214 g/mol. The fourth-order valence-corrected chi connectivity index (χ4v) is 1.68. The highest BCUT2D eigenvalue weighted by Gasteiger charge is 2.21. The van der Waals surface area contributed by atoms with E-state index in [2.05, 4.69) is 23.3 Å². The summed E-state index contributed by atoms with van der Waals surface area (Å²) in [4.78, 5) is 4.35. The maximum atomic E-state index is 9.05. The summed E-state index contributed by atoms with van der Waals surface area (Å²) in [5.74, 6) is 0.694. The standard InChI is InChI=1S/C13H19N3O/c1-4-13(3,5-6-17)16-12-8-11(9-14)7-10(2)15-12/h7-8,17H,4-6H2,1-3H3,(H,15,16). The largest absolute Gasteiger partial charge is 0.396 e. The molecule has 1 rings (SSSR count). The third kappa shape index (κ3) is 3.72. The normalized spacial score (nSPS) is 13.8. The number of nitrogens with one attached hydrogen (secondary N) is 1. The molecule has 0 saturated heterocycles. The Kier molecular flexibility index (Phi) is 4.47. The first-order chi connectivity index (χ1) is 8.03. The van der Waals surface area contributed by atoms with E-state index in [1.54, 1.807) is 12.1 Å².